The first-order valence-corrected chi connectivity index (χ1v) is 12.6. The number of aliphatic imine (C=N–C) groups is 1. The van der Waals surface area contributed by atoms with Crippen LogP contribution in [0.3, 0.4) is 0 Å². The van der Waals surface area contributed by atoms with Crippen LogP contribution in [0.25, 0.3) is 0 Å². The number of guanidine groups is 1. The Hall–Kier alpha value is -1.06. The summed E-state index contributed by atoms with van der Waals surface area (Å²) >= 11 is 0. The minimum absolute atomic E-state index is 0. The van der Waals surface area contributed by atoms with Crippen LogP contribution in [0, 0.1) is 0 Å². The van der Waals surface area contributed by atoms with Crippen molar-refractivity contribution in [3.63, 3.8) is 0 Å². The van der Waals surface area contributed by atoms with Crippen LogP contribution in [0.15, 0.2) is 29.3 Å². The Labute approximate surface area is 216 Å². The van der Waals surface area contributed by atoms with Crippen LogP contribution < -0.4 is 10.1 Å². The van der Waals surface area contributed by atoms with Crippen LogP contribution >= 0.6 is 24.0 Å². The van der Waals surface area contributed by atoms with E-state index in [4.69, 9.17) is 19.2 Å². The molecule has 2 aliphatic heterocycles. The molecule has 7 heteroatoms. The van der Waals surface area contributed by atoms with Crippen molar-refractivity contribution in [2.24, 2.45) is 4.99 Å². The highest BCUT2D eigenvalue weighted by atomic mass is 127. The molecule has 6 nitrogen and oxygen atoms in total. The molecule has 0 spiro atoms. The van der Waals surface area contributed by atoms with Crippen LogP contribution in [-0.2, 0) is 14.9 Å². The molecule has 0 amide bonds. The first kappa shape index (κ1) is 26.5. The van der Waals surface area contributed by atoms with E-state index >= 15 is 0 Å². The largest absolute Gasteiger partial charge is 0.497 e. The predicted octanol–water partition coefficient (Wildman–Crippen LogP) is 4.75. The molecule has 33 heavy (non-hydrogen) atoms. The zero-order valence-corrected chi connectivity index (χ0v) is 22.7. The lowest BCUT2D eigenvalue weighted by molar-refractivity contribution is -0.0367. The number of nitrogens with zero attached hydrogens (tertiary/aromatic N) is 2. The molecule has 2 saturated heterocycles. The van der Waals surface area contributed by atoms with Crippen molar-refractivity contribution in [2.45, 2.75) is 75.9 Å². The van der Waals surface area contributed by atoms with E-state index in [0.717, 1.165) is 70.4 Å². The zero-order valence-electron chi connectivity index (χ0n) is 20.4. The first-order chi connectivity index (χ1) is 15.7. The molecular weight excluding hydrogens is 529 g/mol. The van der Waals surface area contributed by atoms with Crippen LogP contribution in [0.5, 0.6) is 5.75 Å². The van der Waals surface area contributed by atoms with Crippen LogP contribution in [0.2, 0.25) is 0 Å². The highest BCUT2D eigenvalue weighted by Crippen LogP contribution is 2.42. The molecule has 0 aromatic heterocycles. The molecule has 3 aliphatic rings. The zero-order chi connectivity index (χ0) is 22.2. The van der Waals surface area contributed by atoms with E-state index in [-0.39, 0.29) is 29.4 Å². The Morgan fingerprint density at radius 2 is 1.97 bits per heavy atom. The van der Waals surface area contributed by atoms with E-state index in [9.17, 15) is 0 Å². The molecule has 1 aromatic rings. The monoisotopic (exact) mass is 571 g/mol. The Morgan fingerprint density at radius 3 is 2.64 bits per heavy atom. The maximum absolute atomic E-state index is 6.17. The molecule has 0 bridgehead atoms. The van der Waals surface area contributed by atoms with E-state index in [1.165, 1.54) is 37.7 Å². The van der Waals surface area contributed by atoms with E-state index in [1.54, 1.807) is 7.11 Å². The summed E-state index contributed by atoms with van der Waals surface area (Å²) in [6.45, 7) is 7.51. The van der Waals surface area contributed by atoms with Gasteiger partial charge in [-0.15, -0.1) is 24.0 Å². The maximum atomic E-state index is 6.17. The van der Waals surface area contributed by atoms with Gasteiger partial charge >= 0.3 is 0 Å². The van der Waals surface area contributed by atoms with Gasteiger partial charge in [-0.2, -0.15) is 0 Å². The lowest BCUT2D eigenvalue weighted by Gasteiger charge is -2.35. The molecule has 3 fully saturated rings. The first-order valence-electron chi connectivity index (χ1n) is 12.6. The van der Waals surface area contributed by atoms with Gasteiger partial charge in [0.2, 0.25) is 0 Å². The Balaban J connectivity index is 0.00000306. The van der Waals surface area contributed by atoms with Crippen molar-refractivity contribution in [3.8, 4) is 5.75 Å². The van der Waals surface area contributed by atoms with Crippen molar-refractivity contribution < 1.29 is 14.2 Å². The number of nitrogens with one attached hydrogen (secondary N) is 1. The fourth-order valence-electron chi connectivity index (χ4n) is 5.45. The number of rotatable bonds is 8. The third kappa shape index (κ3) is 6.98. The summed E-state index contributed by atoms with van der Waals surface area (Å²) in [5, 5.41) is 3.55. The van der Waals surface area contributed by atoms with Crippen molar-refractivity contribution >= 4 is 29.9 Å². The summed E-state index contributed by atoms with van der Waals surface area (Å²) in [5.74, 6) is 1.99. The van der Waals surface area contributed by atoms with Gasteiger partial charge in [-0.3, -0.25) is 4.99 Å². The summed E-state index contributed by atoms with van der Waals surface area (Å²) in [5.41, 5.74) is 1.49. The average Bonchev–Trinajstić information content (AvgIpc) is 3.54. The second-order valence-corrected chi connectivity index (χ2v) is 9.54. The summed E-state index contributed by atoms with van der Waals surface area (Å²) in [6.07, 6.45) is 10.0. The number of hydrogen-bond acceptors (Lipinski definition) is 4. The second kappa shape index (κ2) is 13.1. The van der Waals surface area contributed by atoms with Gasteiger partial charge in [-0.25, -0.2) is 0 Å². The fourth-order valence-corrected chi connectivity index (χ4v) is 5.45. The standard InChI is InChI=1S/C26H41N3O3.HI/c1-3-27-25(29-15-11-22(12-16-29)32-19-24-10-7-17-31-24)28-20-26(13-4-5-14-26)21-8-6-9-23(18-21)30-2;/h6,8-9,18,22,24H,3-5,7,10-17,19-20H2,1-2H3,(H,27,28);1H. The van der Waals surface area contributed by atoms with E-state index in [2.05, 4.69) is 35.3 Å². The van der Waals surface area contributed by atoms with E-state index in [1.807, 2.05) is 6.07 Å². The minimum atomic E-state index is 0. The second-order valence-electron chi connectivity index (χ2n) is 9.54. The Kier molecular flexibility index (Phi) is 10.6. The van der Waals surface area contributed by atoms with Crippen LogP contribution in [0.1, 0.15) is 63.9 Å². The molecule has 1 saturated carbocycles. The van der Waals surface area contributed by atoms with Gasteiger partial charge in [0.05, 0.1) is 32.5 Å². The number of halogens is 1. The average molecular weight is 572 g/mol. The normalized spacial score (nSPS) is 23.4. The van der Waals surface area contributed by atoms with Gasteiger partial charge in [0.1, 0.15) is 5.75 Å². The number of likely N-dealkylation sites (tertiary alicyclic amines) is 1. The number of piperidine rings is 1. The number of benzene rings is 1. The highest BCUT2D eigenvalue weighted by Gasteiger charge is 2.36. The molecule has 2 heterocycles. The van der Waals surface area contributed by atoms with Gasteiger partial charge in [0, 0.05) is 31.7 Å². The van der Waals surface area contributed by atoms with Crippen molar-refractivity contribution in [3.05, 3.63) is 29.8 Å². The summed E-state index contributed by atoms with van der Waals surface area (Å²) in [4.78, 5) is 7.61. The van der Waals surface area contributed by atoms with E-state index < -0.39 is 0 Å². The summed E-state index contributed by atoms with van der Waals surface area (Å²) in [7, 11) is 1.75. The molecule has 0 radical (unpaired) electrons. The number of methoxy groups -OCH3 is 1. The Bertz CT molecular complexity index is 740. The van der Waals surface area contributed by atoms with Gasteiger partial charge in [-0.1, -0.05) is 25.0 Å². The van der Waals surface area contributed by atoms with E-state index in [0.29, 0.717) is 12.2 Å². The lowest BCUT2D eigenvalue weighted by atomic mass is 9.79. The minimum Gasteiger partial charge on any atom is -0.497 e. The predicted molar refractivity (Wildman–Crippen MR) is 144 cm³/mol. The molecule has 1 aromatic carbocycles. The van der Waals surface area contributed by atoms with Crippen LogP contribution in [0.4, 0.5) is 0 Å². The summed E-state index contributed by atoms with van der Waals surface area (Å²) < 4.78 is 17.4. The van der Waals surface area contributed by atoms with Crippen LogP contribution in [-0.4, -0.2) is 69.6 Å². The van der Waals surface area contributed by atoms with Gasteiger partial charge in [0.25, 0.3) is 0 Å². The topological polar surface area (TPSA) is 55.3 Å². The third-order valence-electron chi connectivity index (χ3n) is 7.39. The van der Waals surface area contributed by atoms with Gasteiger partial charge in [-0.05, 0) is 63.1 Å². The maximum Gasteiger partial charge on any atom is 0.193 e. The molecule has 4 rings (SSSR count). The summed E-state index contributed by atoms with van der Waals surface area (Å²) in [6, 6.07) is 8.62. The third-order valence-corrected chi connectivity index (χ3v) is 7.39. The highest BCUT2D eigenvalue weighted by molar-refractivity contribution is 14.0. The Morgan fingerprint density at radius 1 is 1.18 bits per heavy atom. The van der Waals surface area contributed by atoms with Crippen molar-refractivity contribution in [1.29, 1.82) is 0 Å². The smallest absolute Gasteiger partial charge is 0.193 e. The molecule has 1 N–H and O–H groups in total. The fraction of sp³-hybridized carbons (Fsp3) is 0.731. The lowest BCUT2D eigenvalue weighted by Crippen LogP contribution is -2.47. The molecule has 1 unspecified atom stereocenters. The number of hydrogen-bond donors (Lipinski definition) is 1. The van der Waals surface area contributed by atoms with Crippen molar-refractivity contribution in [2.75, 3.05) is 46.5 Å². The molecule has 1 atom stereocenters. The van der Waals surface area contributed by atoms with Crippen molar-refractivity contribution in [1.82, 2.24) is 10.2 Å². The van der Waals surface area contributed by atoms with Gasteiger partial charge in [0.15, 0.2) is 5.96 Å². The number of ether oxygens (including phenoxy) is 3. The van der Waals surface area contributed by atoms with Gasteiger partial charge < -0.3 is 24.4 Å². The molecule has 1 aliphatic carbocycles. The SMILES string of the molecule is CCNC(=NCC1(c2cccc(OC)c2)CCCC1)N1CCC(OCC2CCCO2)CC1.I. The molecule has 186 valence electrons. The molecular formula is C26H42IN3O3. The quantitative estimate of drug-likeness (QED) is 0.277.